The average molecular weight is 323 g/mol. The second-order valence-electron chi connectivity index (χ2n) is 5.30. The van der Waals surface area contributed by atoms with Crippen molar-refractivity contribution >= 4 is 17.2 Å². The molecule has 2 heterocycles. The Morgan fingerprint density at radius 1 is 1.13 bits per heavy atom. The molecule has 3 aromatic rings. The normalized spacial score (nSPS) is 10.5. The first-order valence-corrected chi connectivity index (χ1v) is 8.15. The minimum absolute atomic E-state index is 0.00830. The largest absolute Gasteiger partial charge is 0.337 e. The van der Waals surface area contributed by atoms with Crippen LogP contribution in [0.15, 0.2) is 54.7 Å². The molecular formula is C18H17N3OS. The fraction of sp³-hybridized carbons (Fsp3) is 0.167. The molecule has 0 saturated carbocycles. The quantitative estimate of drug-likeness (QED) is 0.734. The number of hydrogen-bond acceptors (Lipinski definition) is 4. The van der Waals surface area contributed by atoms with Crippen LogP contribution in [0.3, 0.4) is 0 Å². The first-order valence-electron chi connectivity index (χ1n) is 7.33. The van der Waals surface area contributed by atoms with E-state index >= 15 is 0 Å². The second kappa shape index (κ2) is 6.71. The van der Waals surface area contributed by atoms with Gasteiger partial charge in [0, 0.05) is 19.8 Å². The summed E-state index contributed by atoms with van der Waals surface area (Å²) in [7, 11) is 1.81. The molecule has 0 aliphatic heterocycles. The maximum atomic E-state index is 12.7. The van der Waals surface area contributed by atoms with Crippen molar-refractivity contribution < 1.29 is 4.79 Å². The van der Waals surface area contributed by atoms with Crippen LogP contribution in [0.25, 0.3) is 10.7 Å². The monoisotopic (exact) mass is 323 g/mol. The minimum atomic E-state index is -0.00830. The molecule has 1 amide bonds. The highest BCUT2D eigenvalue weighted by molar-refractivity contribution is 7.17. The number of rotatable bonds is 4. The third kappa shape index (κ3) is 3.46. The summed E-state index contributed by atoms with van der Waals surface area (Å²) in [6, 6.07) is 15.6. The molecule has 1 aromatic carbocycles. The van der Waals surface area contributed by atoms with Gasteiger partial charge in [0.15, 0.2) is 0 Å². The Hall–Kier alpha value is -2.53. The molecule has 0 fully saturated rings. The van der Waals surface area contributed by atoms with Crippen molar-refractivity contribution in [1.29, 1.82) is 0 Å². The van der Waals surface area contributed by atoms with Gasteiger partial charge in [-0.05, 0) is 24.6 Å². The fourth-order valence-electron chi connectivity index (χ4n) is 2.30. The number of carbonyl (C=O) groups is 1. The third-order valence-corrected chi connectivity index (χ3v) is 4.65. The molecule has 0 aliphatic rings. The van der Waals surface area contributed by atoms with E-state index in [0.29, 0.717) is 11.4 Å². The van der Waals surface area contributed by atoms with Gasteiger partial charge in [-0.15, -0.1) is 11.3 Å². The highest BCUT2D eigenvalue weighted by Gasteiger charge is 2.20. The summed E-state index contributed by atoms with van der Waals surface area (Å²) in [5, 5.41) is 0.777. The summed E-state index contributed by atoms with van der Waals surface area (Å²) >= 11 is 1.39. The summed E-state index contributed by atoms with van der Waals surface area (Å²) in [5.41, 5.74) is 2.65. The van der Waals surface area contributed by atoms with Crippen LogP contribution < -0.4 is 0 Å². The lowest BCUT2D eigenvalue weighted by atomic mass is 10.2. The Morgan fingerprint density at radius 3 is 2.57 bits per heavy atom. The first kappa shape index (κ1) is 15.4. The van der Waals surface area contributed by atoms with Crippen molar-refractivity contribution in [1.82, 2.24) is 14.9 Å². The molecule has 0 saturated heterocycles. The first-order chi connectivity index (χ1) is 11.1. The fourth-order valence-corrected chi connectivity index (χ4v) is 3.33. The number of aryl methyl sites for hydroxylation is 1. The number of hydrogen-bond donors (Lipinski definition) is 0. The van der Waals surface area contributed by atoms with Crippen LogP contribution in [0.4, 0.5) is 0 Å². The average Bonchev–Trinajstić information content (AvgIpc) is 2.97. The van der Waals surface area contributed by atoms with E-state index in [1.165, 1.54) is 11.3 Å². The Morgan fingerprint density at radius 2 is 1.87 bits per heavy atom. The van der Waals surface area contributed by atoms with E-state index in [1.54, 1.807) is 11.1 Å². The molecule has 0 spiro atoms. The SMILES string of the molecule is Cc1nc(-c2ccccn2)sc1C(=O)N(C)Cc1ccccc1. The van der Waals surface area contributed by atoms with Crippen molar-refractivity contribution in [2.24, 2.45) is 0 Å². The van der Waals surface area contributed by atoms with Gasteiger partial charge in [-0.1, -0.05) is 36.4 Å². The molecule has 3 rings (SSSR count). The lowest BCUT2D eigenvalue weighted by Crippen LogP contribution is -2.26. The van der Waals surface area contributed by atoms with Crippen LogP contribution in [-0.2, 0) is 6.54 Å². The van der Waals surface area contributed by atoms with Crippen LogP contribution in [-0.4, -0.2) is 27.8 Å². The van der Waals surface area contributed by atoms with E-state index in [1.807, 2.05) is 62.5 Å². The van der Waals surface area contributed by atoms with Crippen LogP contribution in [0.5, 0.6) is 0 Å². The zero-order chi connectivity index (χ0) is 16.2. The number of amides is 1. The van der Waals surface area contributed by atoms with Crippen molar-refractivity contribution in [3.05, 3.63) is 70.9 Å². The molecule has 0 unspecified atom stereocenters. The number of aromatic nitrogens is 2. The van der Waals surface area contributed by atoms with Gasteiger partial charge < -0.3 is 4.90 Å². The number of thiazole rings is 1. The van der Waals surface area contributed by atoms with Crippen molar-refractivity contribution in [3.8, 4) is 10.7 Å². The summed E-state index contributed by atoms with van der Waals surface area (Å²) in [4.78, 5) is 23.9. The predicted molar refractivity (Wildman–Crippen MR) is 92.3 cm³/mol. The highest BCUT2D eigenvalue weighted by Crippen LogP contribution is 2.27. The summed E-state index contributed by atoms with van der Waals surface area (Å²) in [6.45, 7) is 2.45. The zero-order valence-corrected chi connectivity index (χ0v) is 13.9. The van der Waals surface area contributed by atoms with Gasteiger partial charge in [-0.2, -0.15) is 0 Å². The standard InChI is InChI=1S/C18H17N3OS/c1-13-16(23-17(20-13)15-10-6-7-11-19-15)18(22)21(2)12-14-8-4-3-5-9-14/h3-11H,12H2,1-2H3. The maximum absolute atomic E-state index is 12.7. The lowest BCUT2D eigenvalue weighted by molar-refractivity contribution is 0.0789. The molecule has 0 radical (unpaired) electrons. The Kier molecular flexibility index (Phi) is 4.48. The van der Waals surface area contributed by atoms with Gasteiger partial charge in [0.25, 0.3) is 5.91 Å². The van der Waals surface area contributed by atoms with Gasteiger partial charge in [0.1, 0.15) is 9.88 Å². The van der Waals surface area contributed by atoms with Crippen LogP contribution in [0.2, 0.25) is 0 Å². The van der Waals surface area contributed by atoms with Gasteiger partial charge in [0.2, 0.25) is 0 Å². The molecule has 5 heteroatoms. The van der Waals surface area contributed by atoms with Crippen molar-refractivity contribution in [2.75, 3.05) is 7.05 Å². The molecule has 0 N–H and O–H groups in total. The maximum Gasteiger partial charge on any atom is 0.265 e. The molecule has 0 atom stereocenters. The Balaban J connectivity index is 1.81. The van der Waals surface area contributed by atoms with Crippen LogP contribution >= 0.6 is 11.3 Å². The number of nitrogens with zero attached hydrogens (tertiary/aromatic N) is 3. The van der Waals surface area contributed by atoms with Gasteiger partial charge >= 0.3 is 0 Å². The summed E-state index contributed by atoms with van der Waals surface area (Å²) in [6.07, 6.45) is 1.73. The molecule has 2 aromatic heterocycles. The highest BCUT2D eigenvalue weighted by atomic mass is 32.1. The number of pyridine rings is 1. The smallest absolute Gasteiger partial charge is 0.265 e. The van der Waals surface area contributed by atoms with Crippen molar-refractivity contribution in [3.63, 3.8) is 0 Å². The Bertz CT molecular complexity index is 800. The minimum Gasteiger partial charge on any atom is -0.337 e. The van der Waals surface area contributed by atoms with E-state index in [-0.39, 0.29) is 5.91 Å². The summed E-state index contributed by atoms with van der Waals surface area (Å²) < 4.78 is 0. The molecule has 0 bridgehead atoms. The number of carbonyl (C=O) groups excluding carboxylic acids is 1. The van der Waals surface area contributed by atoms with E-state index in [9.17, 15) is 4.79 Å². The summed E-state index contributed by atoms with van der Waals surface area (Å²) in [5.74, 6) is -0.00830. The molecule has 23 heavy (non-hydrogen) atoms. The van der Waals surface area contributed by atoms with Crippen LogP contribution in [0.1, 0.15) is 20.9 Å². The van der Waals surface area contributed by atoms with E-state index in [2.05, 4.69) is 9.97 Å². The van der Waals surface area contributed by atoms with Crippen LogP contribution in [0, 0.1) is 6.92 Å². The van der Waals surface area contributed by atoms with E-state index in [4.69, 9.17) is 0 Å². The number of benzene rings is 1. The second-order valence-corrected chi connectivity index (χ2v) is 6.29. The van der Waals surface area contributed by atoms with Crippen molar-refractivity contribution in [2.45, 2.75) is 13.5 Å². The predicted octanol–water partition coefficient (Wildman–Crippen LogP) is 3.79. The lowest BCUT2D eigenvalue weighted by Gasteiger charge is -2.16. The van der Waals surface area contributed by atoms with E-state index in [0.717, 1.165) is 22.0 Å². The topological polar surface area (TPSA) is 46.1 Å². The zero-order valence-electron chi connectivity index (χ0n) is 13.1. The van der Waals surface area contributed by atoms with E-state index < -0.39 is 0 Å². The molecule has 4 nitrogen and oxygen atoms in total. The third-order valence-electron chi connectivity index (χ3n) is 3.48. The molecule has 0 aliphatic carbocycles. The molecular weight excluding hydrogens is 306 g/mol. The van der Waals surface area contributed by atoms with Gasteiger partial charge in [0.05, 0.1) is 11.4 Å². The Labute approximate surface area is 139 Å². The molecule has 116 valence electrons. The van der Waals surface area contributed by atoms with Gasteiger partial charge in [-0.3, -0.25) is 9.78 Å². The van der Waals surface area contributed by atoms with Gasteiger partial charge in [-0.25, -0.2) is 4.98 Å².